The predicted octanol–water partition coefficient (Wildman–Crippen LogP) is 3.06. The molecule has 0 saturated carbocycles. The summed E-state index contributed by atoms with van der Waals surface area (Å²) in [5.41, 5.74) is 1.69. The lowest BCUT2D eigenvalue weighted by Crippen LogP contribution is -2.40. The lowest BCUT2D eigenvalue weighted by Gasteiger charge is -2.35. The number of carbonyl (C=O) groups excluding carboxylic acids is 1. The highest BCUT2D eigenvalue weighted by Crippen LogP contribution is 2.35. The molecule has 1 aromatic carbocycles. The van der Waals surface area contributed by atoms with Crippen molar-refractivity contribution in [2.75, 3.05) is 6.54 Å². The molecule has 0 fully saturated rings. The molecular formula is C19H19N3O2S. The first kappa shape index (κ1) is 16.0. The van der Waals surface area contributed by atoms with Gasteiger partial charge >= 0.3 is 0 Å². The van der Waals surface area contributed by atoms with E-state index in [0.29, 0.717) is 11.1 Å². The van der Waals surface area contributed by atoms with E-state index < -0.39 is 0 Å². The third-order valence-corrected chi connectivity index (χ3v) is 5.89. The number of nitrogens with zero attached hydrogens (tertiary/aromatic N) is 2. The van der Waals surface area contributed by atoms with Gasteiger partial charge in [0.05, 0.1) is 23.5 Å². The summed E-state index contributed by atoms with van der Waals surface area (Å²) in [5, 5.41) is 10.1. The van der Waals surface area contributed by atoms with Gasteiger partial charge < -0.3 is 4.90 Å². The summed E-state index contributed by atoms with van der Waals surface area (Å²) in [5.74, 6) is 0.0633. The van der Waals surface area contributed by atoms with Crippen molar-refractivity contribution in [3.05, 3.63) is 62.2 Å². The molecule has 3 aromatic rings. The molecule has 1 aliphatic rings. The molecule has 0 aliphatic carbocycles. The number of amides is 1. The van der Waals surface area contributed by atoms with E-state index in [0.717, 1.165) is 24.8 Å². The first-order valence-corrected chi connectivity index (χ1v) is 9.39. The van der Waals surface area contributed by atoms with Crippen molar-refractivity contribution in [2.45, 2.75) is 32.2 Å². The molecule has 0 radical (unpaired) electrons. The Bertz CT molecular complexity index is 991. The van der Waals surface area contributed by atoms with Gasteiger partial charge in [0, 0.05) is 16.8 Å². The molecular weight excluding hydrogens is 334 g/mol. The van der Waals surface area contributed by atoms with E-state index in [1.165, 1.54) is 10.4 Å². The predicted molar refractivity (Wildman–Crippen MR) is 98.8 cm³/mol. The first-order chi connectivity index (χ1) is 12.2. The van der Waals surface area contributed by atoms with Crippen molar-refractivity contribution >= 4 is 28.0 Å². The minimum atomic E-state index is -0.223. The fourth-order valence-corrected chi connectivity index (χ4v) is 4.61. The van der Waals surface area contributed by atoms with Gasteiger partial charge in [0.2, 0.25) is 5.91 Å². The molecule has 0 unspecified atom stereocenters. The van der Waals surface area contributed by atoms with Crippen LogP contribution in [0.3, 0.4) is 0 Å². The van der Waals surface area contributed by atoms with Crippen molar-refractivity contribution < 1.29 is 4.79 Å². The molecule has 5 nitrogen and oxygen atoms in total. The average Bonchev–Trinajstić information content (AvgIpc) is 3.12. The minimum absolute atomic E-state index is 0.0633. The lowest BCUT2D eigenvalue weighted by atomic mass is 9.97. The van der Waals surface area contributed by atoms with E-state index in [1.807, 2.05) is 23.1 Å². The van der Waals surface area contributed by atoms with Crippen LogP contribution in [0.1, 0.15) is 35.5 Å². The van der Waals surface area contributed by atoms with Crippen LogP contribution in [0.5, 0.6) is 0 Å². The van der Waals surface area contributed by atoms with Crippen LogP contribution < -0.4 is 5.56 Å². The zero-order valence-corrected chi connectivity index (χ0v) is 14.8. The molecule has 3 heterocycles. The number of carbonyl (C=O) groups is 1. The summed E-state index contributed by atoms with van der Waals surface area (Å²) < 4.78 is 0. The molecule has 1 amide bonds. The summed E-state index contributed by atoms with van der Waals surface area (Å²) in [6, 6.07) is 9.57. The summed E-state index contributed by atoms with van der Waals surface area (Å²) in [4.78, 5) is 28.3. The Morgan fingerprint density at radius 2 is 2.12 bits per heavy atom. The molecule has 0 saturated heterocycles. The third kappa shape index (κ3) is 2.76. The topological polar surface area (TPSA) is 66.1 Å². The fourth-order valence-electron chi connectivity index (χ4n) is 3.69. The Labute approximate surface area is 149 Å². The maximum atomic E-state index is 13.0. The number of fused-ring (bicyclic) bond motifs is 2. The Hall–Kier alpha value is -2.47. The second kappa shape index (κ2) is 6.44. The second-order valence-corrected chi connectivity index (χ2v) is 7.28. The van der Waals surface area contributed by atoms with Crippen molar-refractivity contribution in [2.24, 2.45) is 0 Å². The zero-order valence-electron chi connectivity index (χ0n) is 14.0. The number of hydrogen-bond donors (Lipinski definition) is 1. The monoisotopic (exact) mass is 353 g/mol. The van der Waals surface area contributed by atoms with E-state index in [1.54, 1.807) is 17.4 Å². The SMILES string of the molecule is CC[C@H]1c2ccsc2CCN1C(=O)Cc1n[nH]c(=O)c2ccccc12. The van der Waals surface area contributed by atoms with Crippen LogP contribution in [0.4, 0.5) is 0 Å². The standard InChI is InChI=1S/C19H19N3O2S/c1-2-16-14-8-10-25-17(14)7-9-22(16)18(23)11-15-12-5-3-4-6-13(12)19(24)21-20-15/h3-6,8,10,16H,2,7,9,11H2,1H3,(H,21,24)/t16-/m0/s1. The second-order valence-electron chi connectivity index (χ2n) is 6.28. The number of aromatic nitrogens is 2. The number of rotatable bonds is 3. The molecule has 1 aliphatic heterocycles. The lowest BCUT2D eigenvalue weighted by molar-refractivity contribution is -0.133. The Balaban J connectivity index is 1.65. The number of thiophene rings is 1. The molecule has 25 heavy (non-hydrogen) atoms. The van der Waals surface area contributed by atoms with Crippen LogP contribution in [0.2, 0.25) is 0 Å². The summed E-state index contributed by atoms with van der Waals surface area (Å²) in [7, 11) is 0. The van der Waals surface area contributed by atoms with Crippen LogP contribution in [0, 0.1) is 0 Å². The largest absolute Gasteiger partial charge is 0.335 e. The Kier molecular flexibility index (Phi) is 4.13. The highest BCUT2D eigenvalue weighted by molar-refractivity contribution is 7.10. The van der Waals surface area contributed by atoms with E-state index in [-0.39, 0.29) is 23.9 Å². The van der Waals surface area contributed by atoms with E-state index in [2.05, 4.69) is 28.6 Å². The molecule has 128 valence electrons. The van der Waals surface area contributed by atoms with Gasteiger partial charge in [-0.15, -0.1) is 11.3 Å². The molecule has 2 aromatic heterocycles. The fraction of sp³-hybridized carbons (Fsp3) is 0.316. The summed E-state index contributed by atoms with van der Waals surface area (Å²) in [6.45, 7) is 2.86. The number of aromatic amines is 1. The van der Waals surface area contributed by atoms with Gasteiger partial charge in [-0.05, 0) is 35.9 Å². The van der Waals surface area contributed by atoms with Gasteiger partial charge in [0.1, 0.15) is 0 Å². The Morgan fingerprint density at radius 1 is 1.32 bits per heavy atom. The average molecular weight is 353 g/mol. The number of hydrogen-bond acceptors (Lipinski definition) is 4. The quantitative estimate of drug-likeness (QED) is 0.787. The summed E-state index contributed by atoms with van der Waals surface area (Å²) in [6.07, 6.45) is 2.01. The molecule has 1 N–H and O–H groups in total. The molecule has 0 bridgehead atoms. The highest BCUT2D eigenvalue weighted by atomic mass is 32.1. The maximum absolute atomic E-state index is 13.0. The number of benzene rings is 1. The molecule has 0 spiro atoms. The van der Waals surface area contributed by atoms with E-state index in [4.69, 9.17) is 0 Å². The van der Waals surface area contributed by atoms with Gasteiger partial charge in [-0.3, -0.25) is 9.59 Å². The van der Waals surface area contributed by atoms with Crippen LogP contribution in [-0.2, 0) is 17.6 Å². The van der Waals surface area contributed by atoms with E-state index >= 15 is 0 Å². The smallest absolute Gasteiger partial charge is 0.272 e. The van der Waals surface area contributed by atoms with Crippen molar-refractivity contribution in [3.63, 3.8) is 0 Å². The van der Waals surface area contributed by atoms with Crippen molar-refractivity contribution in [3.8, 4) is 0 Å². The minimum Gasteiger partial charge on any atom is -0.335 e. The van der Waals surface area contributed by atoms with Crippen LogP contribution in [0.15, 0.2) is 40.5 Å². The maximum Gasteiger partial charge on any atom is 0.272 e. The number of H-pyrrole nitrogens is 1. The van der Waals surface area contributed by atoms with Gasteiger partial charge in [-0.2, -0.15) is 5.10 Å². The summed E-state index contributed by atoms with van der Waals surface area (Å²) >= 11 is 1.78. The van der Waals surface area contributed by atoms with E-state index in [9.17, 15) is 9.59 Å². The first-order valence-electron chi connectivity index (χ1n) is 8.51. The van der Waals surface area contributed by atoms with Gasteiger partial charge in [0.25, 0.3) is 5.56 Å². The third-order valence-electron chi connectivity index (χ3n) is 4.90. The van der Waals surface area contributed by atoms with Crippen LogP contribution in [-0.4, -0.2) is 27.5 Å². The number of nitrogens with one attached hydrogen (secondary N) is 1. The molecule has 6 heteroatoms. The van der Waals surface area contributed by atoms with Crippen LogP contribution >= 0.6 is 11.3 Å². The van der Waals surface area contributed by atoms with Gasteiger partial charge in [-0.25, -0.2) is 5.10 Å². The van der Waals surface area contributed by atoms with Crippen molar-refractivity contribution in [1.82, 2.24) is 15.1 Å². The molecule has 1 atom stereocenters. The van der Waals surface area contributed by atoms with Crippen molar-refractivity contribution in [1.29, 1.82) is 0 Å². The van der Waals surface area contributed by atoms with Crippen LogP contribution in [0.25, 0.3) is 10.8 Å². The Morgan fingerprint density at radius 3 is 2.92 bits per heavy atom. The van der Waals surface area contributed by atoms with Gasteiger partial charge in [-0.1, -0.05) is 25.1 Å². The molecule has 4 rings (SSSR count). The zero-order chi connectivity index (χ0) is 17.4. The normalized spacial score (nSPS) is 16.8. The van der Waals surface area contributed by atoms with Gasteiger partial charge in [0.15, 0.2) is 0 Å². The highest BCUT2D eigenvalue weighted by Gasteiger charge is 2.30.